The molecule has 4 rings (SSSR count). The van der Waals surface area contributed by atoms with Crippen molar-refractivity contribution in [3.05, 3.63) is 99.4 Å². The van der Waals surface area contributed by atoms with Crippen LogP contribution in [0.1, 0.15) is 11.1 Å². The lowest BCUT2D eigenvalue weighted by molar-refractivity contribution is 0.753. The van der Waals surface area contributed by atoms with Gasteiger partial charge in [-0.25, -0.2) is 0 Å². The van der Waals surface area contributed by atoms with Crippen LogP contribution in [-0.2, 0) is 9.49 Å². The maximum Gasteiger partial charge on any atom is 0.112 e. The Morgan fingerprint density at radius 2 is 0.630 bits per heavy atom. The predicted molar refractivity (Wildman–Crippen MR) is 226 cm³/mol. The third kappa shape index (κ3) is 6.78. The summed E-state index contributed by atoms with van der Waals surface area (Å²) in [4.78, 5) is 0. The van der Waals surface area contributed by atoms with Crippen molar-refractivity contribution in [2.45, 2.75) is 20.2 Å². The first-order chi connectivity index (χ1) is 21.2. The highest BCUT2D eigenvalue weighted by Gasteiger charge is 2.59. The van der Waals surface area contributed by atoms with Gasteiger partial charge in [-0.3, -0.25) is 0 Å². The molecular weight excluding hydrogens is 1240 g/mol. The van der Waals surface area contributed by atoms with Crippen LogP contribution in [-0.4, -0.2) is 10.8 Å². The Morgan fingerprint density at radius 3 is 0.870 bits per heavy atom. The first-order valence-corrected chi connectivity index (χ1v) is 22.6. The van der Waals surface area contributed by atoms with Crippen LogP contribution in [0, 0.1) is 0 Å². The van der Waals surface area contributed by atoms with Gasteiger partial charge in [-0.2, -0.15) is 0 Å². The molecule has 250 valence electrons. The number of hydrogen-bond donors (Lipinski definition) is 0. The lowest BCUT2D eigenvalue weighted by atomic mass is 9.89. The standard InChI is InChI=1S/C24H2Br4Cl16S2/c25-3-7(29)1(8(30)4(26)11(3)33)23(19(41)15(37)13(35)16(38)20(23)42)45-46-24(21(43)17(39)14(36)18(40)22(24)44)2-9(31)5(27)12(34)6(28)10(2)32/h19,21H. The summed E-state index contributed by atoms with van der Waals surface area (Å²) in [7, 11) is 1.87. The summed E-state index contributed by atoms with van der Waals surface area (Å²) < 4.78 is -2.57. The van der Waals surface area contributed by atoms with Gasteiger partial charge in [0, 0.05) is 11.1 Å². The van der Waals surface area contributed by atoms with E-state index in [1.807, 2.05) is 0 Å². The smallest absolute Gasteiger partial charge is 0.112 e. The second kappa shape index (κ2) is 16.4. The van der Waals surface area contributed by atoms with Crippen LogP contribution in [0.5, 0.6) is 0 Å². The molecule has 0 spiro atoms. The largest absolute Gasteiger partial charge is 0.114 e. The van der Waals surface area contributed by atoms with E-state index in [1.54, 1.807) is 0 Å². The highest BCUT2D eigenvalue weighted by Crippen LogP contribution is 2.72. The second-order valence-corrected chi connectivity index (χ2v) is 20.8. The molecule has 4 unspecified atom stereocenters. The second-order valence-electron chi connectivity index (χ2n) is 8.83. The van der Waals surface area contributed by atoms with Gasteiger partial charge in [-0.05, 0) is 63.7 Å². The zero-order valence-corrected chi connectivity index (χ0v) is 40.6. The molecule has 4 atom stereocenters. The maximum atomic E-state index is 7.15. The third-order valence-corrected chi connectivity index (χ3v) is 23.2. The SMILES string of the molecule is ClC1=C(Cl)C(Cl)C(SSC2(c3c(Cl)c(Br)c(Cl)c(Br)c3Cl)C(Cl)=C(Cl)C(Cl)=C(Cl)C2Cl)(c2c(Cl)c(Br)c(Cl)c(Br)c2Cl)C(Cl)=C1Cl. The van der Waals surface area contributed by atoms with E-state index < -0.39 is 20.2 Å². The maximum absolute atomic E-state index is 7.15. The van der Waals surface area contributed by atoms with E-state index in [1.165, 1.54) is 0 Å². The Kier molecular flexibility index (Phi) is 15.5. The molecule has 0 nitrogen and oxygen atoms in total. The Hall–Kier alpha value is 4.66. The van der Waals surface area contributed by atoms with E-state index in [0.717, 1.165) is 21.6 Å². The topological polar surface area (TPSA) is 0 Å². The summed E-state index contributed by atoms with van der Waals surface area (Å²) in [5, 5.41) is -3.16. The van der Waals surface area contributed by atoms with E-state index >= 15 is 0 Å². The zero-order chi connectivity index (χ0) is 35.1. The molecule has 2 aromatic rings. The lowest BCUT2D eigenvalue weighted by Crippen LogP contribution is -2.41. The minimum atomic E-state index is -1.77. The average Bonchev–Trinajstić information content (AvgIpc) is 3.04. The molecular formula is C24H2Br4Cl16S2. The zero-order valence-electron chi connectivity index (χ0n) is 20.5. The Balaban J connectivity index is 2.18. The average molecular weight is 1240 g/mol. The Morgan fingerprint density at radius 1 is 0.391 bits per heavy atom. The van der Waals surface area contributed by atoms with Crippen molar-refractivity contribution in [1.82, 2.24) is 0 Å². The molecule has 0 N–H and O–H groups in total. The highest BCUT2D eigenvalue weighted by atomic mass is 79.9. The fraction of sp³-hybridized carbons (Fsp3) is 0.167. The van der Waals surface area contributed by atoms with Crippen molar-refractivity contribution in [2.24, 2.45) is 0 Å². The Bertz CT molecular complexity index is 1650. The van der Waals surface area contributed by atoms with E-state index in [9.17, 15) is 0 Å². The quantitative estimate of drug-likeness (QED) is 0.127. The summed E-state index contributed by atoms with van der Waals surface area (Å²) in [5.74, 6) is 0. The fourth-order valence-electron chi connectivity index (χ4n) is 4.24. The van der Waals surface area contributed by atoms with Gasteiger partial charge in [-0.1, -0.05) is 184 Å². The van der Waals surface area contributed by atoms with Crippen LogP contribution in [0.4, 0.5) is 0 Å². The molecule has 2 aliphatic rings. The van der Waals surface area contributed by atoms with E-state index in [-0.39, 0.29) is 99.4 Å². The van der Waals surface area contributed by atoms with E-state index in [2.05, 4.69) is 63.7 Å². The van der Waals surface area contributed by atoms with Crippen molar-refractivity contribution < 1.29 is 0 Å². The molecule has 0 aliphatic heterocycles. The molecule has 22 heteroatoms. The number of benzene rings is 2. The van der Waals surface area contributed by atoms with Crippen molar-refractivity contribution >= 4 is 271 Å². The lowest BCUT2D eigenvalue weighted by Gasteiger charge is -2.46. The molecule has 0 amide bonds. The van der Waals surface area contributed by atoms with Gasteiger partial charge in [-0.15, -0.1) is 23.2 Å². The molecule has 0 fully saturated rings. The summed E-state index contributed by atoms with van der Waals surface area (Å²) >= 11 is 123. The fourth-order valence-corrected chi connectivity index (χ4v) is 17.0. The van der Waals surface area contributed by atoms with Crippen molar-refractivity contribution in [2.75, 3.05) is 0 Å². The monoisotopic (exact) mass is 1230 g/mol. The number of hydrogen-bond acceptors (Lipinski definition) is 2. The van der Waals surface area contributed by atoms with Gasteiger partial charge in [0.2, 0.25) is 0 Å². The molecule has 0 saturated heterocycles. The number of alkyl halides is 2. The molecule has 0 aromatic heterocycles. The van der Waals surface area contributed by atoms with Crippen LogP contribution in [0.25, 0.3) is 0 Å². The van der Waals surface area contributed by atoms with Gasteiger partial charge in [0.25, 0.3) is 0 Å². The Labute approximate surface area is 384 Å². The third-order valence-electron chi connectivity index (χ3n) is 6.47. The van der Waals surface area contributed by atoms with Gasteiger partial charge in [0.1, 0.15) is 9.49 Å². The molecule has 2 aliphatic carbocycles. The van der Waals surface area contributed by atoms with Gasteiger partial charge in [0.05, 0.1) is 99.0 Å². The molecule has 0 radical (unpaired) electrons. The number of halogens is 20. The number of rotatable bonds is 5. The van der Waals surface area contributed by atoms with Gasteiger partial charge >= 0.3 is 0 Å². The predicted octanol–water partition coefficient (Wildman–Crippen LogP) is 19.1. The van der Waals surface area contributed by atoms with Crippen LogP contribution in [0.2, 0.25) is 30.1 Å². The highest BCUT2D eigenvalue weighted by molar-refractivity contribution is 9.11. The first kappa shape index (κ1) is 43.4. The van der Waals surface area contributed by atoms with Gasteiger partial charge < -0.3 is 0 Å². The normalized spacial score (nSPS) is 25.8. The van der Waals surface area contributed by atoms with Gasteiger partial charge in [0.15, 0.2) is 0 Å². The molecule has 0 heterocycles. The molecule has 46 heavy (non-hydrogen) atoms. The first-order valence-electron chi connectivity index (χ1n) is 11.1. The van der Waals surface area contributed by atoms with Crippen LogP contribution in [0.3, 0.4) is 0 Å². The molecule has 2 aromatic carbocycles. The molecule has 0 bridgehead atoms. The number of allylic oxidation sites excluding steroid dienone is 6. The van der Waals surface area contributed by atoms with Crippen molar-refractivity contribution in [3.63, 3.8) is 0 Å². The summed E-state index contributed by atoms with van der Waals surface area (Å²) in [6, 6.07) is 0. The van der Waals surface area contributed by atoms with E-state index in [4.69, 9.17) is 186 Å². The van der Waals surface area contributed by atoms with E-state index in [0.29, 0.717) is 0 Å². The van der Waals surface area contributed by atoms with Crippen molar-refractivity contribution in [3.8, 4) is 0 Å². The van der Waals surface area contributed by atoms with Crippen LogP contribution >= 0.6 is 271 Å². The van der Waals surface area contributed by atoms with Crippen LogP contribution < -0.4 is 0 Å². The minimum absolute atomic E-state index is 0.0101. The summed E-state index contributed by atoms with van der Waals surface area (Å²) in [6.07, 6.45) is 0. The minimum Gasteiger partial charge on any atom is -0.114 e. The van der Waals surface area contributed by atoms with Crippen molar-refractivity contribution in [1.29, 1.82) is 0 Å². The molecule has 0 saturated carbocycles. The van der Waals surface area contributed by atoms with Crippen LogP contribution in [0.15, 0.2) is 58.1 Å². The summed E-state index contributed by atoms with van der Waals surface area (Å²) in [6.45, 7) is 0. The summed E-state index contributed by atoms with van der Waals surface area (Å²) in [5.41, 5.74) is 0.251.